The minimum atomic E-state index is -0.933. The zero-order valence-electron chi connectivity index (χ0n) is 17.9. The monoisotopic (exact) mass is 399 g/mol. The fraction of sp³-hybridized carbons (Fsp3) is 0.667. The molecule has 2 fully saturated rings. The highest BCUT2D eigenvalue weighted by atomic mass is 16.5. The van der Waals surface area contributed by atoms with Gasteiger partial charge in [-0.3, -0.25) is 0 Å². The molecule has 0 unspecified atom stereocenters. The number of terminal acetylenes is 1. The van der Waals surface area contributed by atoms with Crippen molar-refractivity contribution in [2.75, 3.05) is 34.4 Å². The first-order valence-electron chi connectivity index (χ1n) is 10.5. The number of hydrogen-bond acceptors (Lipinski definition) is 5. The van der Waals surface area contributed by atoms with E-state index in [1.54, 1.807) is 21.1 Å². The molecule has 2 N–H and O–H groups in total. The summed E-state index contributed by atoms with van der Waals surface area (Å²) in [6, 6.07) is 0.206. The third-order valence-corrected chi connectivity index (χ3v) is 8.33. The van der Waals surface area contributed by atoms with Crippen LogP contribution in [0.25, 0.3) is 0 Å². The van der Waals surface area contributed by atoms with Gasteiger partial charge in [0.25, 0.3) is 0 Å². The predicted molar refractivity (Wildman–Crippen MR) is 112 cm³/mol. The fourth-order valence-corrected chi connectivity index (χ4v) is 7.04. The van der Waals surface area contributed by atoms with Crippen LogP contribution in [-0.4, -0.2) is 73.4 Å². The van der Waals surface area contributed by atoms with Gasteiger partial charge in [-0.2, -0.15) is 0 Å². The number of ether oxygens (including phenoxy) is 2. The molecule has 0 aromatic carbocycles. The highest BCUT2D eigenvalue weighted by Gasteiger charge is 2.75. The molecule has 1 aliphatic heterocycles. The van der Waals surface area contributed by atoms with E-state index in [0.717, 1.165) is 37.0 Å². The highest BCUT2D eigenvalue weighted by molar-refractivity contribution is 5.55. The highest BCUT2D eigenvalue weighted by Crippen LogP contribution is 2.72. The number of allylic oxidation sites excluding steroid dienone is 1. The molecule has 5 aliphatic rings. The number of fused-ring (bicyclic) bond motifs is 1. The summed E-state index contributed by atoms with van der Waals surface area (Å²) < 4.78 is 11.2. The third-order valence-electron chi connectivity index (χ3n) is 8.33. The molecule has 1 spiro atoms. The van der Waals surface area contributed by atoms with Crippen LogP contribution in [0.5, 0.6) is 0 Å². The van der Waals surface area contributed by atoms with Crippen LogP contribution in [-0.2, 0) is 9.47 Å². The van der Waals surface area contributed by atoms with E-state index >= 15 is 0 Å². The van der Waals surface area contributed by atoms with E-state index in [9.17, 15) is 10.2 Å². The number of rotatable bonds is 5. The minimum Gasteiger partial charge on any atom is -0.393 e. The van der Waals surface area contributed by atoms with Crippen LogP contribution in [0, 0.1) is 29.1 Å². The average Bonchev–Trinajstić information content (AvgIpc) is 2.71. The van der Waals surface area contributed by atoms with Gasteiger partial charge in [0.1, 0.15) is 5.60 Å². The molecule has 29 heavy (non-hydrogen) atoms. The van der Waals surface area contributed by atoms with Crippen molar-refractivity contribution in [1.29, 1.82) is 0 Å². The lowest BCUT2D eigenvalue weighted by Crippen LogP contribution is -2.78. The molecule has 158 valence electrons. The first-order chi connectivity index (χ1) is 13.8. The maximum absolute atomic E-state index is 12.0. The van der Waals surface area contributed by atoms with E-state index in [2.05, 4.69) is 30.0 Å². The smallest absolute Gasteiger partial charge is 0.118 e. The number of aliphatic hydroxyl groups excluding tert-OH is 2. The van der Waals surface area contributed by atoms with Crippen LogP contribution >= 0.6 is 0 Å². The summed E-state index contributed by atoms with van der Waals surface area (Å²) in [5, 5.41) is 22.6. The molecule has 0 amide bonds. The van der Waals surface area contributed by atoms with Crippen LogP contribution in [0.2, 0.25) is 0 Å². The average molecular weight is 400 g/mol. The van der Waals surface area contributed by atoms with E-state index in [-0.39, 0.29) is 17.4 Å². The molecule has 0 radical (unpaired) electrons. The van der Waals surface area contributed by atoms with Gasteiger partial charge in [0.2, 0.25) is 0 Å². The van der Waals surface area contributed by atoms with Crippen molar-refractivity contribution >= 4 is 0 Å². The number of aliphatic hydroxyl groups is 2. The Labute approximate surface area is 174 Å². The maximum atomic E-state index is 12.0. The summed E-state index contributed by atoms with van der Waals surface area (Å²) in [6.07, 6.45) is 15.4. The van der Waals surface area contributed by atoms with Gasteiger partial charge < -0.3 is 24.6 Å². The van der Waals surface area contributed by atoms with Crippen molar-refractivity contribution in [3.05, 3.63) is 35.5 Å². The van der Waals surface area contributed by atoms with Crippen molar-refractivity contribution in [3.63, 3.8) is 0 Å². The first-order valence-corrected chi connectivity index (χ1v) is 10.5. The van der Waals surface area contributed by atoms with Gasteiger partial charge in [0.15, 0.2) is 0 Å². The van der Waals surface area contributed by atoms with Crippen molar-refractivity contribution in [2.24, 2.45) is 16.7 Å². The molecule has 5 rings (SSSR count). The van der Waals surface area contributed by atoms with Crippen LogP contribution < -0.4 is 0 Å². The van der Waals surface area contributed by atoms with Gasteiger partial charge >= 0.3 is 0 Å². The second kappa shape index (κ2) is 7.08. The third kappa shape index (κ3) is 2.41. The Morgan fingerprint density at radius 3 is 2.79 bits per heavy atom. The SMILES string of the molecule is C#CC1=C(/C=C\COC)C[C@H]2N(C)CC[C@@]13[C@@H](O)[C@@]1(OC)C=C[C@@]23C[C@@H]1[C@H](C)O. The Bertz CT molecular complexity index is 808. The molecule has 1 saturated carbocycles. The predicted octanol–water partition coefficient (Wildman–Crippen LogP) is 1.92. The molecule has 5 heteroatoms. The molecular weight excluding hydrogens is 366 g/mol. The number of piperidine rings is 1. The Morgan fingerprint density at radius 1 is 1.41 bits per heavy atom. The number of nitrogens with zero attached hydrogens (tertiary/aromatic N) is 1. The Balaban J connectivity index is 1.97. The Kier molecular flexibility index (Phi) is 5.08. The van der Waals surface area contributed by atoms with Crippen LogP contribution in [0.4, 0.5) is 0 Å². The molecule has 0 aromatic heterocycles. The van der Waals surface area contributed by atoms with E-state index < -0.39 is 23.2 Å². The van der Waals surface area contributed by atoms with Crippen LogP contribution in [0.15, 0.2) is 35.5 Å². The van der Waals surface area contributed by atoms with Gasteiger partial charge in [-0.15, -0.1) is 6.42 Å². The van der Waals surface area contributed by atoms with Gasteiger partial charge in [-0.05, 0) is 45.4 Å². The first kappa shape index (κ1) is 20.8. The number of likely N-dealkylation sites (tertiary alicyclic amines) is 1. The second-order valence-corrected chi connectivity index (χ2v) is 9.21. The van der Waals surface area contributed by atoms with Crippen molar-refractivity contribution < 1.29 is 19.7 Å². The standard InChI is InChI=1S/C24H33NO4/c1-6-18-17(8-7-13-28-4)14-20-22-9-10-24(29-5,19(15-22)16(2)26)21(27)23(18,22)11-12-25(20)3/h1,7-10,16,19-21,26-27H,11-15H2,2-5H3/b8-7-/t16-,19+,20+,21+,22+,23-,24+/m0/s1. The largest absolute Gasteiger partial charge is 0.393 e. The van der Waals surface area contributed by atoms with Crippen LogP contribution in [0.1, 0.15) is 26.2 Å². The normalized spacial score (nSPS) is 44.8. The van der Waals surface area contributed by atoms with E-state index in [1.807, 2.05) is 12.2 Å². The summed E-state index contributed by atoms with van der Waals surface area (Å²) in [5.41, 5.74) is 0.168. The van der Waals surface area contributed by atoms with Gasteiger partial charge in [0, 0.05) is 42.6 Å². The summed E-state index contributed by atoms with van der Waals surface area (Å²) in [6.45, 7) is 3.19. The van der Waals surface area contributed by atoms with Crippen LogP contribution in [0.3, 0.4) is 0 Å². The molecule has 4 bridgehead atoms. The van der Waals surface area contributed by atoms with E-state index in [4.69, 9.17) is 15.9 Å². The lowest BCUT2D eigenvalue weighted by atomic mass is 9.36. The topological polar surface area (TPSA) is 62.2 Å². The summed E-state index contributed by atoms with van der Waals surface area (Å²) >= 11 is 0. The Morgan fingerprint density at radius 2 is 2.17 bits per heavy atom. The Hall–Kier alpha value is -1.42. The van der Waals surface area contributed by atoms with Crippen molar-refractivity contribution in [3.8, 4) is 12.3 Å². The quantitative estimate of drug-likeness (QED) is 0.546. The summed E-state index contributed by atoms with van der Waals surface area (Å²) in [7, 11) is 5.46. The number of methoxy groups -OCH3 is 2. The molecular formula is C24H33NO4. The lowest BCUT2D eigenvalue weighted by molar-refractivity contribution is -0.262. The van der Waals surface area contributed by atoms with Gasteiger partial charge in [-0.1, -0.05) is 30.2 Å². The lowest BCUT2D eigenvalue weighted by Gasteiger charge is -2.73. The van der Waals surface area contributed by atoms with Crippen molar-refractivity contribution in [2.45, 2.75) is 50.0 Å². The zero-order valence-corrected chi connectivity index (χ0v) is 17.9. The molecule has 5 nitrogen and oxygen atoms in total. The number of hydrogen-bond donors (Lipinski definition) is 2. The van der Waals surface area contributed by atoms with Crippen molar-refractivity contribution in [1.82, 2.24) is 4.90 Å². The van der Waals surface area contributed by atoms with Gasteiger partial charge in [0.05, 0.1) is 18.8 Å². The van der Waals surface area contributed by atoms with E-state index in [0.29, 0.717) is 6.61 Å². The fourth-order valence-electron chi connectivity index (χ4n) is 7.04. The summed E-state index contributed by atoms with van der Waals surface area (Å²) in [5.74, 6) is 2.81. The summed E-state index contributed by atoms with van der Waals surface area (Å²) in [4.78, 5) is 2.40. The second-order valence-electron chi connectivity index (χ2n) is 9.21. The minimum absolute atomic E-state index is 0.181. The molecule has 7 atom stereocenters. The molecule has 0 aromatic rings. The zero-order chi connectivity index (χ0) is 21.0. The van der Waals surface area contributed by atoms with Gasteiger partial charge in [-0.25, -0.2) is 0 Å². The molecule has 1 saturated heterocycles. The molecule has 4 aliphatic carbocycles. The maximum Gasteiger partial charge on any atom is 0.118 e. The molecule has 1 heterocycles. The van der Waals surface area contributed by atoms with E-state index in [1.165, 1.54) is 0 Å².